The molecule has 1 aliphatic carbocycles. The van der Waals surface area contributed by atoms with Crippen LogP contribution in [0.1, 0.15) is 53.4 Å². The van der Waals surface area contributed by atoms with Crippen LogP contribution in [-0.2, 0) is 4.74 Å². The summed E-state index contributed by atoms with van der Waals surface area (Å²) in [4.78, 5) is 11.7. The summed E-state index contributed by atoms with van der Waals surface area (Å²) >= 11 is 0. The third-order valence-electron chi connectivity index (χ3n) is 2.79. The Bertz CT molecular complexity index is 252. The minimum absolute atomic E-state index is 0.107. The maximum atomic E-state index is 11.7. The highest BCUT2D eigenvalue weighted by Gasteiger charge is 2.39. The Morgan fingerprint density at radius 1 is 1.50 bits per heavy atom. The number of ether oxygens (including phenoxy) is 1. The summed E-state index contributed by atoms with van der Waals surface area (Å²) in [6.45, 7) is 7.57. The van der Waals surface area contributed by atoms with Crippen molar-refractivity contribution in [1.82, 2.24) is 5.32 Å². The topological polar surface area (TPSA) is 64.3 Å². The van der Waals surface area contributed by atoms with Gasteiger partial charge in [0.1, 0.15) is 5.60 Å². The van der Waals surface area contributed by atoms with E-state index >= 15 is 0 Å². The normalized spacial score (nSPS) is 20.8. The Morgan fingerprint density at radius 2 is 2.06 bits per heavy atom. The molecule has 0 unspecified atom stereocenters. The van der Waals surface area contributed by atoms with Gasteiger partial charge in [-0.2, -0.15) is 0 Å². The van der Waals surface area contributed by atoms with Gasteiger partial charge < -0.3 is 15.8 Å². The first-order valence-electron chi connectivity index (χ1n) is 5.99. The standard InChI is InChI=1S/C12H24N2O2/c1-9(13)8-12(6-5-7-12)14-10(15)16-11(2,3)4/h9H,5-8,13H2,1-4H3,(H,14,15)/t9-/m0/s1. The number of nitrogens with two attached hydrogens (primary N) is 1. The lowest BCUT2D eigenvalue weighted by molar-refractivity contribution is 0.0364. The SMILES string of the molecule is C[C@H](N)CC1(NC(=O)OC(C)(C)C)CCC1. The lowest BCUT2D eigenvalue weighted by Crippen LogP contribution is -2.56. The summed E-state index contributed by atoms with van der Waals surface area (Å²) in [5.74, 6) is 0. The maximum absolute atomic E-state index is 11.7. The first kappa shape index (κ1) is 13.3. The van der Waals surface area contributed by atoms with Crippen molar-refractivity contribution < 1.29 is 9.53 Å². The Balaban J connectivity index is 2.47. The molecule has 0 spiro atoms. The molecule has 0 aromatic heterocycles. The van der Waals surface area contributed by atoms with Gasteiger partial charge >= 0.3 is 6.09 Å². The zero-order valence-corrected chi connectivity index (χ0v) is 10.8. The Kier molecular flexibility index (Phi) is 3.84. The van der Waals surface area contributed by atoms with Gasteiger partial charge in [0.15, 0.2) is 0 Å². The van der Waals surface area contributed by atoms with E-state index in [9.17, 15) is 4.79 Å². The molecular weight excluding hydrogens is 204 g/mol. The highest BCUT2D eigenvalue weighted by Crippen LogP contribution is 2.35. The number of amides is 1. The van der Waals surface area contributed by atoms with Gasteiger partial charge in [-0.1, -0.05) is 0 Å². The molecule has 4 nitrogen and oxygen atoms in total. The highest BCUT2D eigenvalue weighted by atomic mass is 16.6. The molecule has 0 saturated heterocycles. The summed E-state index contributed by atoms with van der Waals surface area (Å²) in [6, 6.07) is 0.107. The molecule has 1 rings (SSSR count). The number of carbonyl (C=O) groups is 1. The van der Waals surface area contributed by atoms with Crippen molar-refractivity contribution in [1.29, 1.82) is 0 Å². The zero-order chi connectivity index (χ0) is 12.4. The fraction of sp³-hybridized carbons (Fsp3) is 0.917. The molecule has 1 aliphatic rings. The van der Waals surface area contributed by atoms with Crippen molar-refractivity contribution in [3.63, 3.8) is 0 Å². The monoisotopic (exact) mass is 228 g/mol. The maximum Gasteiger partial charge on any atom is 0.408 e. The van der Waals surface area contributed by atoms with Crippen molar-refractivity contribution in [3.8, 4) is 0 Å². The van der Waals surface area contributed by atoms with Gasteiger partial charge in [-0.05, 0) is 53.4 Å². The van der Waals surface area contributed by atoms with E-state index < -0.39 is 5.60 Å². The van der Waals surface area contributed by atoms with E-state index in [1.54, 1.807) is 0 Å². The van der Waals surface area contributed by atoms with Gasteiger partial charge in [-0.3, -0.25) is 0 Å². The number of carbonyl (C=O) groups excluding carboxylic acids is 1. The number of nitrogens with one attached hydrogen (secondary N) is 1. The first-order chi connectivity index (χ1) is 7.22. The van der Waals surface area contributed by atoms with E-state index in [2.05, 4.69) is 5.32 Å². The van der Waals surface area contributed by atoms with Crippen LogP contribution in [0.3, 0.4) is 0 Å². The third-order valence-corrected chi connectivity index (χ3v) is 2.79. The fourth-order valence-electron chi connectivity index (χ4n) is 2.12. The second kappa shape index (κ2) is 4.62. The van der Waals surface area contributed by atoms with Crippen LogP contribution in [0.4, 0.5) is 4.79 Å². The van der Waals surface area contributed by atoms with Crippen LogP contribution in [0, 0.1) is 0 Å². The van der Waals surface area contributed by atoms with Crippen molar-refractivity contribution >= 4 is 6.09 Å². The molecule has 0 heterocycles. The van der Waals surface area contributed by atoms with E-state index in [4.69, 9.17) is 10.5 Å². The second-order valence-electron chi connectivity index (χ2n) is 5.94. The van der Waals surface area contributed by atoms with E-state index in [0.29, 0.717) is 0 Å². The Hall–Kier alpha value is -0.770. The summed E-state index contributed by atoms with van der Waals surface area (Å²) in [5, 5.41) is 2.98. The van der Waals surface area contributed by atoms with E-state index in [-0.39, 0.29) is 17.7 Å². The van der Waals surface area contributed by atoms with Gasteiger partial charge in [-0.25, -0.2) is 4.79 Å². The van der Waals surface area contributed by atoms with Crippen LogP contribution < -0.4 is 11.1 Å². The third kappa shape index (κ3) is 4.00. The molecule has 4 heteroatoms. The molecular formula is C12H24N2O2. The average molecular weight is 228 g/mol. The molecule has 1 atom stereocenters. The van der Waals surface area contributed by atoms with Crippen LogP contribution in [0.5, 0.6) is 0 Å². The van der Waals surface area contributed by atoms with Gasteiger partial charge in [0.25, 0.3) is 0 Å². The first-order valence-corrected chi connectivity index (χ1v) is 5.99. The van der Waals surface area contributed by atoms with Gasteiger partial charge in [0.05, 0.1) is 0 Å². The molecule has 0 aromatic rings. The second-order valence-corrected chi connectivity index (χ2v) is 5.94. The molecule has 1 saturated carbocycles. The number of hydrogen-bond donors (Lipinski definition) is 2. The zero-order valence-electron chi connectivity index (χ0n) is 10.8. The summed E-state index contributed by atoms with van der Waals surface area (Å²) in [5.41, 5.74) is 5.24. The van der Waals surface area contributed by atoms with Gasteiger partial charge in [-0.15, -0.1) is 0 Å². The summed E-state index contributed by atoms with van der Waals surface area (Å²) in [6.07, 6.45) is 3.67. The van der Waals surface area contributed by atoms with Crippen LogP contribution in [-0.4, -0.2) is 23.3 Å². The van der Waals surface area contributed by atoms with Crippen molar-refractivity contribution in [2.45, 2.75) is 70.6 Å². The quantitative estimate of drug-likeness (QED) is 0.778. The minimum Gasteiger partial charge on any atom is -0.444 e. The Morgan fingerprint density at radius 3 is 2.38 bits per heavy atom. The molecule has 0 aliphatic heterocycles. The summed E-state index contributed by atoms with van der Waals surface area (Å²) in [7, 11) is 0. The van der Waals surface area contributed by atoms with E-state index in [0.717, 1.165) is 25.7 Å². The van der Waals surface area contributed by atoms with E-state index in [1.807, 2.05) is 27.7 Å². The van der Waals surface area contributed by atoms with Gasteiger partial charge in [0, 0.05) is 11.6 Å². The van der Waals surface area contributed by atoms with Gasteiger partial charge in [0.2, 0.25) is 0 Å². The van der Waals surface area contributed by atoms with Crippen molar-refractivity contribution in [2.24, 2.45) is 5.73 Å². The molecule has 0 bridgehead atoms. The predicted molar refractivity (Wildman–Crippen MR) is 64.2 cm³/mol. The Labute approximate surface area is 97.9 Å². The lowest BCUT2D eigenvalue weighted by atomic mass is 9.73. The largest absolute Gasteiger partial charge is 0.444 e. The molecule has 0 radical (unpaired) electrons. The number of hydrogen-bond acceptors (Lipinski definition) is 3. The lowest BCUT2D eigenvalue weighted by Gasteiger charge is -2.43. The average Bonchev–Trinajstić information content (AvgIpc) is 1.95. The van der Waals surface area contributed by atoms with Crippen LogP contribution in [0.15, 0.2) is 0 Å². The molecule has 3 N–H and O–H groups in total. The minimum atomic E-state index is -0.441. The number of alkyl carbamates (subject to hydrolysis) is 1. The van der Waals surface area contributed by atoms with Crippen molar-refractivity contribution in [3.05, 3.63) is 0 Å². The molecule has 16 heavy (non-hydrogen) atoms. The van der Waals surface area contributed by atoms with E-state index in [1.165, 1.54) is 0 Å². The molecule has 1 fully saturated rings. The molecule has 94 valence electrons. The molecule has 0 aromatic carbocycles. The molecule has 1 amide bonds. The van der Waals surface area contributed by atoms with Crippen LogP contribution >= 0.6 is 0 Å². The van der Waals surface area contributed by atoms with Crippen LogP contribution in [0.2, 0.25) is 0 Å². The predicted octanol–water partition coefficient (Wildman–Crippen LogP) is 2.17. The number of rotatable bonds is 3. The summed E-state index contributed by atoms with van der Waals surface area (Å²) < 4.78 is 5.26. The highest BCUT2D eigenvalue weighted by molar-refractivity contribution is 5.69. The van der Waals surface area contributed by atoms with Crippen LogP contribution in [0.25, 0.3) is 0 Å². The van der Waals surface area contributed by atoms with Crippen molar-refractivity contribution in [2.75, 3.05) is 0 Å². The smallest absolute Gasteiger partial charge is 0.408 e. The fourth-order valence-corrected chi connectivity index (χ4v) is 2.12.